The molecule has 5 nitrogen and oxygen atoms in total. The first-order valence-corrected chi connectivity index (χ1v) is 10.9. The van der Waals surface area contributed by atoms with Gasteiger partial charge in [0.05, 0.1) is 4.90 Å². The Morgan fingerprint density at radius 1 is 1.00 bits per heavy atom. The number of hydrogen-bond acceptors (Lipinski definition) is 5. The third kappa shape index (κ3) is 3.96. The molecule has 2 aromatic rings. The smallest absolute Gasteiger partial charge is 0.328 e. The molecule has 0 saturated heterocycles. The monoisotopic (exact) mass is 418 g/mol. The number of carbonyl (C=O) groups excluding carboxylic acids is 2. The zero-order valence-corrected chi connectivity index (χ0v) is 17.2. The average molecular weight is 418 g/mol. The Balaban J connectivity index is 1.84. The van der Waals surface area contributed by atoms with E-state index in [0.717, 1.165) is 23.3 Å². The molecule has 0 heterocycles. The predicted molar refractivity (Wildman–Crippen MR) is 106 cm³/mol. The highest BCUT2D eigenvalue weighted by Gasteiger charge is 2.54. The second-order valence-electron chi connectivity index (χ2n) is 7.46. The largest absolute Gasteiger partial charge is 0.456 e. The van der Waals surface area contributed by atoms with Crippen molar-refractivity contribution in [1.82, 2.24) is 0 Å². The number of esters is 1. The summed E-state index contributed by atoms with van der Waals surface area (Å²) in [6.07, 6.45) is 1.49. The van der Waals surface area contributed by atoms with Gasteiger partial charge in [0.2, 0.25) is 0 Å². The second kappa shape index (κ2) is 8.06. The summed E-state index contributed by atoms with van der Waals surface area (Å²) in [6, 6.07) is 9.66. The van der Waals surface area contributed by atoms with Gasteiger partial charge < -0.3 is 4.74 Å². The molecule has 2 aromatic carbocycles. The molecule has 1 saturated carbocycles. The van der Waals surface area contributed by atoms with E-state index in [1.165, 1.54) is 18.2 Å². The van der Waals surface area contributed by atoms with Crippen molar-refractivity contribution in [3.8, 4) is 0 Å². The molecule has 0 atom stereocenters. The van der Waals surface area contributed by atoms with Gasteiger partial charge in [0, 0.05) is 5.56 Å². The second-order valence-corrected chi connectivity index (χ2v) is 9.72. The van der Waals surface area contributed by atoms with Crippen LogP contribution in [0.5, 0.6) is 0 Å². The van der Waals surface area contributed by atoms with E-state index in [9.17, 15) is 22.4 Å². The quantitative estimate of drug-likeness (QED) is 0.524. The van der Waals surface area contributed by atoms with Crippen LogP contribution in [-0.2, 0) is 19.4 Å². The van der Waals surface area contributed by atoms with Crippen molar-refractivity contribution in [3.05, 3.63) is 65.0 Å². The van der Waals surface area contributed by atoms with E-state index in [4.69, 9.17) is 4.74 Å². The summed E-state index contributed by atoms with van der Waals surface area (Å²) in [6.45, 7) is 3.11. The van der Waals surface area contributed by atoms with Crippen LogP contribution in [0.25, 0.3) is 0 Å². The van der Waals surface area contributed by atoms with Gasteiger partial charge in [-0.05, 0) is 74.2 Å². The van der Waals surface area contributed by atoms with E-state index < -0.39 is 38.8 Å². The first-order chi connectivity index (χ1) is 13.7. The lowest BCUT2D eigenvalue weighted by Crippen LogP contribution is -2.45. The highest BCUT2D eigenvalue weighted by atomic mass is 32.2. The maximum atomic E-state index is 13.4. The summed E-state index contributed by atoms with van der Waals surface area (Å²) < 4.78 is 43.3. The molecule has 1 aliphatic rings. The molecule has 0 bridgehead atoms. The van der Waals surface area contributed by atoms with Crippen molar-refractivity contribution in [2.75, 3.05) is 6.61 Å². The van der Waals surface area contributed by atoms with Gasteiger partial charge >= 0.3 is 5.97 Å². The van der Waals surface area contributed by atoms with Crippen molar-refractivity contribution < 1.29 is 27.1 Å². The molecule has 0 N–H and O–H groups in total. The summed E-state index contributed by atoms with van der Waals surface area (Å²) >= 11 is 0. The molecule has 0 spiro atoms. The summed E-state index contributed by atoms with van der Waals surface area (Å²) in [7, 11) is -3.99. The molecule has 3 rings (SSSR count). The van der Waals surface area contributed by atoms with Crippen LogP contribution in [0.3, 0.4) is 0 Å². The number of rotatable bonds is 6. The molecular formula is C22H23FO5S. The minimum absolute atomic E-state index is 0.0873. The van der Waals surface area contributed by atoms with Crippen LogP contribution in [0.4, 0.5) is 4.39 Å². The van der Waals surface area contributed by atoms with Crippen LogP contribution < -0.4 is 0 Å². The Bertz CT molecular complexity index is 1040. The van der Waals surface area contributed by atoms with Crippen molar-refractivity contribution in [2.24, 2.45) is 0 Å². The fraction of sp³-hybridized carbons (Fsp3) is 0.364. The lowest BCUT2D eigenvalue weighted by molar-refractivity contribution is -0.145. The zero-order valence-electron chi connectivity index (χ0n) is 16.4. The molecular weight excluding hydrogens is 395 g/mol. The lowest BCUT2D eigenvalue weighted by atomic mass is 10.1. The van der Waals surface area contributed by atoms with E-state index in [1.54, 1.807) is 12.1 Å². The number of Topliss-reactive ketones (excluding diaryl/α,β-unsaturated/α-hetero) is 1. The van der Waals surface area contributed by atoms with E-state index in [1.807, 2.05) is 13.8 Å². The van der Waals surface area contributed by atoms with Gasteiger partial charge in [-0.25, -0.2) is 12.8 Å². The van der Waals surface area contributed by atoms with Crippen LogP contribution in [0.2, 0.25) is 0 Å². The molecule has 0 aliphatic heterocycles. The van der Waals surface area contributed by atoms with E-state index >= 15 is 0 Å². The van der Waals surface area contributed by atoms with Crippen LogP contribution in [-0.4, -0.2) is 31.5 Å². The summed E-state index contributed by atoms with van der Waals surface area (Å²) in [4.78, 5) is 25.2. The molecule has 29 heavy (non-hydrogen) atoms. The number of benzene rings is 2. The van der Waals surface area contributed by atoms with Crippen molar-refractivity contribution in [2.45, 2.75) is 49.2 Å². The van der Waals surface area contributed by atoms with Crippen LogP contribution >= 0.6 is 0 Å². The maximum absolute atomic E-state index is 13.4. The summed E-state index contributed by atoms with van der Waals surface area (Å²) in [5.41, 5.74) is 1.97. The fourth-order valence-corrected chi connectivity index (χ4v) is 5.75. The number of hydrogen-bond donors (Lipinski definition) is 0. The molecule has 154 valence electrons. The van der Waals surface area contributed by atoms with Gasteiger partial charge in [-0.15, -0.1) is 0 Å². The Kier molecular flexibility index (Phi) is 5.89. The number of ketones is 1. The number of carbonyl (C=O) groups is 2. The third-order valence-corrected chi connectivity index (χ3v) is 8.07. The third-order valence-electron chi connectivity index (χ3n) is 5.59. The highest BCUT2D eigenvalue weighted by molar-refractivity contribution is 7.93. The SMILES string of the molecule is Cc1ccc(S(=O)(=O)C2(C(=O)OCC(=O)c3ccc(F)cc3)CCCC2)cc1C. The Hall–Kier alpha value is -2.54. The number of halogens is 1. The maximum Gasteiger partial charge on any atom is 0.328 e. The van der Waals surface area contributed by atoms with Crippen molar-refractivity contribution >= 4 is 21.6 Å². The van der Waals surface area contributed by atoms with E-state index in [0.29, 0.717) is 12.8 Å². The Morgan fingerprint density at radius 2 is 1.62 bits per heavy atom. The first kappa shape index (κ1) is 21.2. The Morgan fingerprint density at radius 3 is 2.21 bits per heavy atom. The molecule has 0 aromatic heterocycles. The molecule has 0 amide bonds. The average Bonchev–Trinajstić information content (AvgIpc) is 3.20. The molecule has 0 radical (unpaired) electrons. The van der Waals surface area contributed by atoms with Gasteiger partial charge in [0.15, 0.2) is 27.0 Å². The van der Waals surface area contributed by atoms with Crippen LogP contribution in [0, 0.1) is 19.7 Å². The Labute approximate surface area is 169 Å². The van der Waals surface area contributed by atoms with Gasteiger partial charge in [-0.3, -0.25) is 9.59 Å². The van der Waals surface area contributed by atoms with Gasteiger partial charge in [-0.2, -0.15) is 0 Å². The molecule has 7 heteroatoms. The van der Waals surface area contributed by atoms with Crippen molar-refractivity contribution in [1.29, 1.82) is 0 Å². The lowest BCUT2D eigenvalue weighted by Gasteiger charge is -2.26. The first-order valence-electron chi connectivity index (χ1n) is 9.45. The number of ether oxygens (including phenoxy) is 1. The standard InChI is InChI=1S/C22H23FO5S/c1-15-5-10-19(13-16(15)2)29(26,27)22(11-3-4-12-22)21(25)28-14-20(24)17-6-8-18(23)9-7-17/h5-10,13H,3-4,11-12,14H2,1-2H3. The number of aryl methyl sites for hydroxylation is 2. The normalized spacial score (nSPS) is 15.8. The van der Waals surface area contributed by atoms with E-state index in [2.05, 4.69) is 0 Å². The van der Waals surface area contributed by atoms with Gasteiger partial charge in [0.1, 0.15) is 5.82 Å². The highest BCUT2D eigenvalue weighted by Crippen LogP contribution is 2.41. The topological polar surface area (TPSA) is 77.5 Å². The van der Waals surface area contributed by atoms with E-state index in [-0.39, 0.29) is 23.3 Å². The minimum Gasteiger partial charge on any atom is -0.456 e. The van der Waals surface area contributed by atoms with Crippen LogP contribution in [0.1, 0.15) is 47.2 Å². The predicted octanol–water partition coefficient (Wildman–Crippen LogP) is 3.96. The summed E-state index contributed by atoms with van der Waals surface area (Å²) in [5, 5.41) is 0. The van der Waals surface area contributed by atoms with Crippen LogP contribution in [0.15, 0.2) is 47.4 Å². The van der Waals surface area contributed by atoms with Gasteiger partial charge in [-0.1, -0.05) is 18.9 Å². The number of sulfone groups is 1. The summed E-state index contributed by atoms with van der Waals surface area (Å²) in [5.74, 6) is -1.90. The van der Waals surface area contributed by atoms with Crippen molar-refractivity contribution in [3.63, 3.8) is 0 Å². The molecule has 1 aliphatic carbocycles. The molecule has 0 unspecified atom stereocenters. The van der Waals surface area contributed by atoms with Gasteiger partial charge in [0.25, 0.3) is 0 Å². The zero-order chi connectivity index (χ0) is 21.2. The fourth-order valence-electron chi connectivity index (χ4n) is 3.62. The molecule has 1 fully saturated rings. The minimum atomic E-state index is -3.99.